The first kappa shape index (κ1) is 22.1. The van der Waals surface area contributed by atoms with Gasteiger partial charge in [-0.2, -0.15) is 0 Å². The number of aliphatic hydroxyl groups excluding tert-OH is 1. The number of nitrogens with zero attached hydrogens (tertiary/aromatic N) is 1. The lowest BCUT2D eigenvalue weighted by Crippen LogP contribution is -2.20. The Labute approximate surface area is 173 Å². The van der Waals surface area contributed by atoms with Crippen molar-refractivity contribution in [1.82, 2.24) is 4.98 Å². The molecule has 3 aromatic rings. The lowest BCUT2D eigenvalue weighted by Gasteiger charge is -2.04. The van der Waals surface area contributed by atoms with Crippen LogP contribution in [0.25, 0.3) is 0 Å². The molecule has 0 saturated heterocycles. The van der Waals surface area contributed by atoms with Gasteiger partial charge in [-0.25, -0.2) is 4.98 Å². The van der Waals surface area contributed by atoms with Crippen LogP contribution in [0.15, 0.2) is 60.0 Å². The molecule has 29 heavy (non-hydrogen) atoms. The molecule has 0 radical (unpaired) electrons. The number of primary amides is 1. The highest BCUT2D eigenvalue weighted by Crippen LogP contribution is 2.14. The summed E-state index contributed by atoms with van der Waals surface area (Å²) < 4.78 is 0. The van der Waals surface area contributed by atoms with E-state index < -0.39 is 12.0 Å². The second kappa shape index (κ2) is 10.9. The molecule has 8 heteroatoms. The van der Waals surface area contributed by atoms with Gasteiger partial charge < -0.3 is 21.9 Å². The normalized spacial score (nSPS) is 11.1. The summed E-state index contributed by atoms with van der Waals surface area (Å²) in [6.45, 7) is 2.10. The minimum absolute atomic E-state index is 0.0791. The summed E-state index contributed by atoms with van der Waals surface area (Å²) >= 11 is 1.34. The van der Waals surface area contributed by atoms with E-state index in [0.717, 1.165) is 12.1 Å². The fourth-order valence-corrected chi connectivity index (χ4v) is 2.96. The first-order valence-electron chi connectivity index (χ1n) is 9.00. The van der Waals surface area contributed by atoms with Crippen molar-refractivity contribution >= 4 is 34.0 Å². The second-order valence-corrected chi connectivity index (χ2v) is 7.06. The van der Waals surface area contributed by atoms with E-state index in [2.05, 4.69) is 17.2 Å². The van der Waals surface area contributed by atoms with Gasteiger partial charge in [0.25, 0.3) is 5.91 Å². The van der Waals surface area contributed by atoms with Gasteiger partial charge in [0, 0.05) is 11.1 Å². The lowest BCUT2D eigenvalue weighted by molar-refractivity contribution is -0.126. The Bertz CT molecular complexity index is 927. The van der Waals surface area contributed by atoms with Gasteiger partial charge in [0.15, 0.2) is 11.2 Å². The van der Waals surface area contributed by atoms with E-state index in [1.807, 2.05) is 24.3 Å². The van der Waals surface area contributed by atoms with Crippen molar-refractivity contribution in [3.63, 3.8) is 0 Å². The van der Waals surface area contributed by atoms with Crippen molar-refractivity contribution < 1.29 is 14.7 Å². The SMILES string of the molecule is CCc1ccc(NC(=O)Cc2csc(N)n2)cc1.NC(=O)C(O)c1ccccc1. The number of aliphatic hydroxyl groups is 1. The topological polar surface area (TPSA) is 131 Å². The van der Waals surface area contributed by atoms with Gasteiger partial charge >= 0.3 is 0 Å². The van der Waals surface area contributed by atoms with Gasteiger partial charge in [0.05, 0.1) is 12.1 Å². The summed E-state index contributed by atoms with van der Waals surface area (Å²) in [5.74, 6) is -0.805. The molecule has 1 unspecified atom stereocenters. The maximum absolute atomic E-state index is 11.8. The number of hydrogen-bond acceptors (Lipinski definition) is 6. The van der Waals surface area contributed by atoms with E-state index in [1.165, 1.54) is 16.9 Å². The number of rotatable bonds is 6. The Kier molecular flexibility index (Phi) is 8.32. The summed E-state index contributed by atoms with van der Waals surface area (Å²) in [6, 6.07) is 16.4. The molecule has 0 aliphatic carbocycles. The van der Waals surface area contributed by atoms with Crippen LogP contribution in [0, 0.1) is 0 Å². The van der Waals surface area contributed by atoms with Crippen LogP contribution in [0.3, 0.4) is 0 Å². The Hall–Kier alpha value is -3.23. The third kappa shape index (κ3) is 7.36. The van der Waals surface area contributed by atoms with E-state index >= 15 is 0 Å². The van der Waals surface area contributed by atoms with Crippen molar-refractivity contribution in [2.45, 2.75) is 25.9 Å². The number of carbonyl (C=O) groups excluding carboxylic acids is 2. The summed E-state index contributed by atoms with van der Waals surface area (Å²) in [7, 11) is 0. The number of carbonyl (C=O) groups is 2. The third-order valence-electron chi connectivity index (χ3n) is 3.94. The lowest BCUT2D eigenvalue weighted by atomic mass is 10.1. The predicted octanol–water partition coefficient (Wildman–Crippen LogP) is 2.67. The van der Waals surface area contributed by atoms with Crippen molar-refractivity contribution in [2.24, 2.45) is 5.73 Å². The van der Waals surface area contributed by atoms with Gasteiger partial charge in [0.1, 0.15) is 0 Å². The number of nitrogens with one attached hydrogen (secondary N) is 1. The second-order valence-electron chi connectivity index (χ2n) is 6.17. The van der Waals surface area contributed by atoms with Gasteiger partial charge in [-0.1, -0.05) is 49.4 Å². The molecule has 0 fully saturated rings. The zero-order chi connectivity index (χ0) is 21.2. The molecule has 0 saturated carbocycles. The number of nitrogens with two attached hydrogens (primary N) is 2. The quantitative estimate of drug-likeness (QED) is 0.494. The van der Waals surface area contributed by atoms with Gasteiger partial charge in [0.2, 0.25) is 5.91 Å². The number of anilines is 2. The molecule has 0 aliphatic rings. The van der Waals surface area contributed by atoms with Crippen LogP contribution in [-0.2, 0) is 22.4 Å². The van der Waals surface area contributed by atoms with Crippen LogP contribution >= 0.6 is 11.3 Å². The number of hydrogen-bond donors (Lipinski definition) is 4. The highest BCUT2D eigenvalue weighted by atomic mass is 32.1. The molecule has 2 aromatic carbocycles. The summed E-state index contributed by atoms with van der Waals surface area (Å²) in [5.41, 5.74) is 13.7. The van der Waals surface area contributed by atoms with Crippen molar-refractivity contribution in [3.05, 3.63) is 76.8 Å². The summed E-state index contributed by atoms with van der Waals surface area (Å²) in [5, 5.41) is 14.3. The van der Waals surface area contributed by atoms with Gasteiger partial charge in [-0.15, -0.1) is 11.3 Å². The molecule has 1 aromatic heterocycles. The number of amides is 2. The fraction of sp³-hybridized carbons (Fsp3) is 0.190. The number of aryl methyl sites for hydroxylation is 1. The molecule has 3 rings (SSSR count). The van der Waals surface area contributed by atoms with Crippen LogP contribution in [0.1, 0.15) is 29.8 Å². The molecule has 0 aliphatic heterocycles. The van der Waals surface area contributed by atoms with E-state index in [4.69, 9.17) is 16.6 Å². The largest absolute Gasteiger partial charge is 0.378 e. The van der Waals surface area contributed by atoms with Gasteiger partial charge in [-0.3, -0.25) is 9.59 Å². The van der Waals surface area contributed by atoms with E-state index in [9.17, 15) is 9.59 Å². The molecule has 152 valence electrons. The first-order chi connectivity index (χ1) is 13.9. The zero-order valence-electron chi connectivity index (χ0n) is 16.0. The molecule has 1 heterocycles. The van der Waals surface area contributed by atoms with Crippen LogP contribution in [0.2, 0.25) is 0 Å². The number of thiazole rings is 1. The van der Waals surface area contributed by atoms with Gasteiger partial charge in [-0.05, 0) is 29.7 Å². The highest BCUT2D eigenvalue weighted by Gasteiger charge is 2.11. The van der Waals surface area contributed by atoms with E-state index in [-0.39, 0.29) is 12.3 Å². The van der Waals surface area contributed by atoms with Crippen LogP contribution in [0.5, 0.6) is 0 Å². The summed E-state index contributed by atoms with van der Waals surface area (Å²) in [6.07, 6.45) is 0.0615. The maximum Gasteiger partial charge on any atom is 0.250 e. The van der Waals surface area contributed by atoms with Crippen molar-refractivity contribution in [1.29, 1.82) is 0 Å². The van der Waals surface area contributed by atoms with Crippen LogP contribution in [-0.4, -0.2) is 21.9 Å². The fourth-order valence-electron chi connectivity index (χ4n) is 2.40. The minimum atomic E-state index is -1.18. The molecule has 2 amide bonds. The first-order valence-corrected chi connectivity index (χ1v) is 9.88. The smallest absolute Gasteiger partial charge is 0.250 e. The zero-order valence-corrected chi connectivity index (χ0v) is 16.9. The number of benzene rings is 2. The highest BCUT2D eigenvalue weighted by molar-refractivity contribution is 7.13. The molecule has 6 N–H and O–H groups in total. The van der Waals surface area contributed by atoms with E-state index in [0.29, 0.717) is 16.4 Å². The Morgan fingerprint density at radius 3 is 2.31 bits per heavy atom. The van der Waals surface area contributed by atoms with Crippen LogP contribution < -0.4 is 16.8 Å². The standard InChI is InChI=1S/C13H15N3OS.C8H9NO2/c1-2-9-3-5-10(6-4-9)15-12(17)7-11-8-18-13(14)16-11;9-8(11)7(10)6-4-2-1-3-5-6/h3-6,8H,2,7H2,1H3,(H2,14,16)(H,15,17);1-5,7,10H,(H2,9,11). The van der Waals surface area contributed by atoms with Crippen molar-refractivity contribution in [2.75, 3.05) is 11.1 Å². The molecule has 1 atom stereocenters. The Balaban J connectivity index is 0.000000234. The average molecular weight is 413 g/mol. The molecular formula is C21H24N4O3S. The summed E-state index contributed by atoms with van der Waals surface area (Å²) in [4.78, 5) is 26.3. The average Bonchev–Trinajstić information content (AvgIpc) is 3.13. The van der Waals surface area contributed by atoms with E-state index in [1.54, 1.807) is 35.7 Å². The maximum atomic E-state index is 11.8. The number of aromatic nitrogens is 1. The monoisotopic (exact) mass is 412 g/mol. The third-order valence-corrected chi connectivity index (χ3v) is 4.66. The molecular weight excluding hydrogens is 388 g/mol. The predicted molar refractivity (Wildman–Crippen MR) is 115 cm³/mol. The van der Waals surface area contributed by atoms with Crippen LogP contribution in [0.4, 0.5) is 10.8 Å². The molecule has 0 bridgehead atoms. The molecule has 7 nitrogen and oxygen atoms in total. The molecule has 0 spiro atoms. The Morgan fingerprint density at radius 2 is 1.79 bits per heavy atom. The minimum Gasteiger partial charge on any atom is -0.378 e. The Morgan fingerprint density at radius 1 is 1.14 bits per heavy atom. The van der Waals surface area contributed by atoms with Crippen molar-refractivity contribution in [3.8, 4) is 0 Å². The number of nitrogen functional groups attached to an aromatic ring is 1.